The summed E-state index contributed by atoms with van der Waals surface area (Å²) in [7, 11) is 2.18. The normalized spacial score (nSPS) is 15.6. The minimum absolute atomic E-state index is 0.420. The molecule has 3 rings (SSSR count). The van der Waals surface area contributed by atoms with Gasteiger partial charge in [0.2, 0.25) is 0 Å². The number of rotatable bonds is 4. The van der Waals surface area contributed by atoms with E-state index in [1.165, 1.54) is 11.1 Å². The van der Waals surface area contributed by atoms with Gasteiger partial charge in [-0.15, -0.1) is 0 Å². The number of hydrogen-bond donors (Lipinski definition) is 1. The van der Waals surface area contributed by atoms with Crippen LogP contribution in [-0.4, -0.2) is 41.1 Å². The molecule has 1 fully saturated rings. The first kappa shape index (κ1) is 20.1. The minimum atomic E-state index is 0.420. The third kappa shape index (κ3) is 5.22. The lowest BCUT2D eigenvalue weighted by atomic mass is 10.0. The summed E-state index contributed by atoms with van der Waals surface area (Å²) >= 11 is 12.3. The molecular weight excluding hydrogens is 374 g/mol. The number of hydrogen-bond acceptors (Lipinski definition) is 2. The highest BCUT2D eigenvalue weighted by atomic mass is 35.5. The Balaban J connectivity index is 1.81. The van der Waals surface area contributed by atoms with Crippen molar-refractivity contribution < 1.29 is 0 Å². The van der Waals surface area contributed by atoms with Crippen molar-refractivity contribution in [3.05, 3.63) is 64.2 Å². The van der Waals surface area contributed by atoms with Crippen molar-refractivity contribution in [2.75, 3.05) is 25.5 Å². The number of piperidine rings is 1. The molecule has 0 saturated carbocycles. The zero-order chi connectivity index (χ0) is 19.4. The largest absolute Gasteiger partial charge is 0.342 e. The molecule has 27 heavy (non-hydrogen) atoms. The molecule has 144 valence electrons. The van der Waals surface area contributed by atoms with E-state index in [9.17, 15) is 0 Å². The summed E-state index contributed by atoms with van der Waals surface area (Å²) in [5.41, 5.74) is 4.65. The van der Waals surface area contributed by atoms with Crippen molar-refractivity contribution in [3.8, 4) is 0 Å². The molecule has 1 heterocycles. The molecule has 1 saturated heterocycles. The molecule has 2 aromatic rings. The number of likely N-dealkylation sites (tertiary alicyclic amines) is 1. The first-order valence-electron chi connectivity index (χ1n) is 9.51. The van der Waals surface area contributed by atoms with Gasteiger partial charge in [0, 0.05) is 23.3 Å². The molecule has 5 heteroatoms. The van der Waals surface area contributed by atoms with Crippen molar-refractivity contribution >= 4 is 34.6 Å². The summed E-state index contributed by atoms with van der Waals surface area (Å²) in [5, 5.41) is 5.06. The Morgan fingerprint density at radius 2 is 1.89 bits per heavy atom. The summed E-state index contributed by atoms with van der Waals surface area (Å²) in [5.74, 6) is 0. The number of anilines is 1. The molecular formula is C22H28ClN3S. The number of aryl methyl sites for hydroxylation is 2. The van der Waals surface area contributed by atoms with Gasteiger partial charge in [0.25, 0.3) is 0 Å². The van der Waals surface area contributed by atoms with Crippen LogP contribution < -0.4 is 5.32 Å². The van der Waals surface area contributed by atoms with E-state index in [1.54, 1.807) is 0 Å². The Kier molecular flexibility index (Phi) is 6.74. The lowest BCUT2D eigenvalue weighted by molar-refractivity contribution is 0.173. The summed E-state index contributed by atoms with van der Waals surface area (Å²) in [6.45, 7) is 7.14. The zero-order valence-corrected chi connectivity index (χ0v) is 17.9. The van der Waals surface area contributed by atoms with E-state index in [4.69, 9.17) is 23.8 Å². The monoisotopic (exact) mass is 401 g/mol. The fourth-order valence-electron chi connectivity index (χ4n) is 3.62. The highest BCUT2D eigenvalue weighted by molar-refractivity contribution is 7.80. The zero-order valence-electron chi connectivity index (χ0n) is 16.3. The van der Waals surface area contributed by atoms with Crippen LogP contribution in [0.2, 0.25) is 5.02 Å². The Labute approximate surface area is 173 Å². The first-order chi connectivity index (χ1) is 12.9. The van der Waals surface area contributed by atoms with Gasteiger partial charge in [-0.25, -0.2) is 0 Å². The fourth-order valence-corrected chi connectivity index (χ4v) is 4.14. The molecule has 1 aliphatic heterocycles. The van der Waals surface area contributed by atoms with Crippen LogP contribution in [0.15, 0.2) is 42.5 Å². The van der Waals surface area contributed by atoms with Gasteiger partial charge in [-0.05, 0) is 82.3 Å². The van der Waals surface area contributed by atoms with Crippen molar-refractivity contribution in [2.24, 2.45) is 0 Å². The topological polar surface area (TPSA) is 18.5 Å². The predicted octanol–water partition coefficient (Wildman–Crippen LogP) is 5.25. The Morgan fingerprint density at radius 3 is 2.56 bits per heavy atom. The quantitative estimate of drug-likeness (QED) is 0.705. The lowest BCUT2D eigenvalue weighted by Gasteiger charge is -2.39. The predicted molar refractivity (Wildman–Crippen MR) is 120 cm³/mol. The van der Waals surface area contributed by atoms with E-state index >= 15 is 0 Å². The Morgan fingerprint density at radius 1 is 1.19 bits per heavy atom. The van der Waals surface area contributed by atoms with E-state index in [1.807, 2.05) is 18.2 Å². The summed E-state index contributed by atoms with van der Waals surface area (Å²) in [6, 6.07) is 14.9. The molecule has 2 aromatic carbocycles. The van der Waals surface area contributed by atoms with Gasteiger partial charge >= 0.3 is 0 Å². The third-order valence-electron chi connectivity index (χ3n) is 5.31. The van der Waals surface area contributed by atoms with E-state index in [0.717, 1.165) is 53.9 Å². The highest BCUT2D eigenvalue weighted by Gasteiger charge is 2.26. The van der Waals surface area contributed by atoms with Gasteiger partial charge in [0.05, 0.1) is 0 Å². The lowest BCUT2D eigenvalue weighted by Crippen LogP contribution is -2.47. The molecule has 3 nitrogen and oxygen atoms in total. The van der Waals surface area contributed by atoms with Crippen molar-refractivity contribution in [3.63, 3.8) is 0 Å². The number of benzene rings is 2. The van der Waals surface area contributed by atoms with Gasteiger partial charge in [-0.3, -0.25) is 0 Å². The van der Waals surface area contributed by atoms with Crippen LogP contribution in [0.4, 0.5) is 5.69 Å². The maximum Gasteiger partial charge on any atom is 0.173 e. The molecule has 0 spiro atoms. The van der Waals surface area contributed by atoms with Crippen LogP contribution in [0, 0.1) is 13.8 Å². The average Bonchev–Trinajstić information content (AvgIpc) is 2.64. The van der Waals surface area contributed by atoms with Crippen LogP contribution in [0.3, 0.4) is 0 Å². The molecule has 0 aliphatic carbocycles. The number of nitrogens with zero attached hydrogens (tertiary/aromatic N) is 2. The molecule has 0 atom stereocenters. The summed E-state index contributed by atoms with van der Waals surface area (Å²) in [6.07, 6.45) is 2.21. The summed E-state index contributed by atoms with van der Waals surface area (Å²) < 4.78 is 0. The van der Waals surface area contributed by atoms with Crippen LogP contribution in [0.1, 0.15) is 29.5 Å². The molecule has 1 N–H and O–H groups in total. The standard InChI is InChI=1S/C22H28ClN3S/c1-16-8-9-21(17(2)14-16)24-22(27)26(19-10-12-25(3)13-11-19)15-18-6-4-5-7-20(18)23/h4-9,14,19H,10-13,15H2,1-3H3,(H,24,27). The smallest absolute Gasteiger partial charge is 0.173 e. The van der Waals surface area contributed by atoms with Crippen molar-refractivity contribution in [1.82, 2.24) is 9.80 Å². The SMILES string of the molecule is Cc1ccc(NC(=S)N(Cc2ccccc2Cl)C2CCN(C)CC2)c(C)c1. The van der Waals surface area contributed by atoms with Gasteiger partial charge in [0.1, 0.15) is 0 Å². The van der Waals surface area contributed by atoms with Crippen molar-refractivity contribution in [1.29, 1.82) is 0 Å². The molecule has 0 unspecified atom stereocenters. The molecule has 0 amide bonds. The number of nitrogens with one attached hydrogen (secondary N) is 1. The Hall–Kier alpha value is -1.62. The minimum Gasteiger partial charge on any atom is -0.342 e. The first-order valence-corrected chi connectivity index (χ1v) is 10.3. The van der Waals surface area contributed by atoms with Gasteiger partial charge in [0.15, 0.2) is 5.11 Å². The fraction of sp³-hybridized carbons (Fsp3) is 0.409. The maximum absolute atomic E-state index is 6.44. The van der Waals surface area contributed by atoms with E-state index in [2.05, 4.69) is 60.3 Å². The average molecular weight is 402 g/mol. The molecule has 0 bridgehead atoms. The van der Waals surface area contributed by atoms with Crippen molar-refractivity contribution in [2.45, 2.75) is 39.3 Å². The van der Waals surface area contributed by atoms with E-state index in [-0.39, 0.29) is 0 Å². The number of halogens is 1. The maximum atomic E-state index is 6.44. The second-order valence-corrected chi connectivity index (χ2v) is 8.30. The summed E-state index contributed by atoms with van der Waals surface area (Å²) in [4.78, 5) is 4.70. The Bertz CT molecular complexity index is 800. The van der Waals surface area contributed by atoms with Crippen LogP contribution >= 0.6 is 23.8 Å². The molecule has 0 aromatic heterocycles. The van der Waals surface area contributed by atoms with E-state index in [0.29, 0.717) is 6.04 Å². The third-order valence-corrected chi connectivity index (χ3v) is 6.02. The van der Waals surface area contributed by atoms with Crippen LogP contribution in [0.5, 0.6) is 0 Å². The van der Waals surface area contributed by atoms with Gasteiger partial charge in [-0.1, -0.05) is 47.5 Å². The van der Waals surface area contributed by atoms with Crippen LogP contribution in [-0.2, 0) is 6.54 Å². The highest BCUT2D eigenvalue weighted by Crippen LogP contribution is 2.24. The van der Waals surface area contributed by atoms with E-state index < -0.39 is 0 Å². The van der Waals surface area contributed by atoms with Gasteiger partial charge < -0.3 is 15.1 Å². The van der Waals surface area contributed by atoms with Crippen LogP contribution in [0.25, 0.3) is 0 Å². The second kappa shape index (κ2) is 9.05. The molecule has 1 aliphatic rings. The molecule has 0 radical (unpaired) electrons. The second-order valence-electron chi connectivity index (χ2n) is 7.50. The number of thiocarbonyl (C=S) groups is 1. The van der Waals surface area contributed by atoms with Gasteiger partial charge in [-0.2, -0.15) is 0 Å².